The monoisotopic (exact) mass is 850 g/mol. The van der Waals surface area contributed by atoms with Gasteiger partial charge in [0.15, 0.2) is 11.6 Å². The van der Waals surface area contributed by atoms with Gasteiger partial charge < -0.3 is 29.8 Å². The molecule has 4 aromatic carbocycles. The van der Waals surface area contributed by atoms with Gasteiger partial charge in [-0.15, -0.1) is 0 Å². The Morgan fingerprint density at radius 2 is 0.935 bits per heavy atom. The minimum Gasteiger partial charge on any atom is -0.508 e. The Bertz CT molecular complexity index is 2040. The molecule has 0 unspecified atom stereocenters. The minimum absolute atomic E-state index is 0.0538. The molecule has 2 aliphatic heterocycles. The van der Waals surface area contributed by atoms with Gasteiger partial charge in [-0.3, -0.25) is 14.4 Å². The number of hydrogen-bond acceptors (Lipinski definition) is 9. The zero-order valence-corrected chi connectivity index (χ0v) is 37.2. The van der Waals surface area contributed by atoms with Gasteiger partial charge in [0.25, 0.3) is 0 Å². The molecule has 4 aromatic rings. The van der Waals surface area contributed by atoms with Crippen molar-refractivity contribution < 1.29 is 33.4 Å². The predicted octanol–water partition coefficient (Wildman–Crippen LogP) is 7.97. The summed E-state index contributed by atoms with van der Waals surface area (Å²) in [6.07, 6.45) is 3.47. The molecule has 6 atom stereocenters. The quantitative estimate of drug-likeness (QED) is 0.0763. The number of carbonyl (C=O) groups is 3. The lowest BCUT2D eigenvalue weighted by atomic mass is 9.62. The fourth-order valence-corrected chi connectivity index (χ4v) is 10.1. The van der Waals surface area contributed by atoms with E-state index in [0.717, 1.165) is 38.8 Å². The lowest BCUT2D eigenvalue weighted by Crippen LogP contribution is -2.56. The zero-order chi connectivity index (χ0) is 44.7. The number of benzene rings is 4. The van der Waals surface area contributed by atoms with Crippen molar-refractivity contribution >= 4 is 17.3 Å². The number of phenolic OH excluding ortho intramolecular Hbond substituents is 2. The third-order valence-corrected chi connectivity index (χ3v) is 13.2. The molecule has 2 aliphatic rings. The number of rotatable bonds is 18. The summed E-state index contributed by atoms with van der Waals surface area (Å²) in [6, 6.07) is 22.2. The molecule has 0 spiro atoms. The second-order valence-electron chi connectivity index (χ2n) is 18.2. The van der Waals surface area contributed by atoms with E-state index in [-0.39, 0.29) is 28.8 Å². The van der Waals surface area contributed by atoms with Crippen LogP contribution in [0.4, 0.5) is 8.78 Å². The van der Waals surface area contributed by atoms with Gasteiger partial charge in [-0.1, -0.05) is 48.5 Å². The van der Waals surface area contributed by atoms with Crippen LogP contribution < -0.4 is 0 Å². The van der Waals surface area contributed by atoms with Gasteiger partial charge in [0.2, 0.25) is 0 Å². The molecule has 0 radical (unpaired) electrons. The van der Waals surface area contributed by atoms with Crippen molar-refractivity contribution in [3.63, 3.8) is 0 Å². The van der Waals surface area contributed by atoms with Gasteiger partial charge in [0.1, 0.15) is 28.9 Å². The number of hydrogen-bond donors (Lipinski definition) is 2. The summed E-state index contributed by atoms with van der Waals surface area (Å²) >= 11 is 0. The molecule has 2 fully saturated rings. The van der Waals surface area contributed by atoms with Gasteiger partial charge in [-0.2, -0.15) is 0 Å². The summed E-state index contributed by atoms with van der Waals surface area (Å²) in [5.74, 6) is -6.27. The van der Waals surface area contributed by atoms with Gasteiger partial charge in [0.05, 0.1) is 0 Å². The van der Waals surface area contributed by atoms with Crippen LogP contribution in [-0.2, 0) is 4.79 Å². The fourth-order valence-electron chi connectivity index (χ4n) is 10.1. The fraction of sp³-hybridized carbons (Fsp3) is 0.471. The highest BCUT2D eigenvalue weighted by Gasteiger charge is 2.51. The Morgan fingerprint density at radius 1 is 0.565 bits per heavy atom. The largest absolute Gasteiger partial charge is 0.508 e. The van der Waals surface area contributed by atoms with E-state index >= 15 is 13.6 Å². The number of unbranched alkanes of at least 4 members (excludes halogenated alkanes) is 2. The molecule has 2 N–H and O–H groups in total. The Hall–Kier alpha value is -4.81. The molecule has 11 heteroatoms. The molecule has 0 bridgehead atoms. The lowest BCUT2D eigenvalue weighted by molar-refractivity contribution is -0.133. The van der Waals surface area contributed by atoms with Gasteiger partial charge in [-0.05, 0) is 153 Å². The number of piperidine rings is 2. The normalized spacial score (nSPS) is 22.3. The third kappa shape index (κ3) is 11.0. The molecule has 0 aromatic heterocycles. The number of carbonyl (C=O) groups excluding carboxylic acids is 3. The summed E-state index contributed by atoms with van der Waals surface area (Å²) in [7, 11) is 8.10. The van der Waals surface area contributed by atoms with Crippen LogP contribution in [-0.4, -0.2) is 128 Å². The summed E-state index contributed by atoms with van der Waals surface area (Å²) in [4.78, 5) is 54.7. The second kappa shape index (κ2) is 21.0. The van der Waals surface area contributed by atoms with E-state index in [4.69, 9.17) is 0 Å². The number of aromatic hydroxyl groups is 2. The van der Waals surface area contributed by atoms with E-state index in [0.29, 0.717) is 72.6 Å². The predicted molar refractivity (Wildman–Crippen MR) is 240 cm³/mol. The lowest BCUT2D eigenvalue weighted by Gasteiger charge is -2.48. The first-order valence-electron chi connectivity index (χ1n) is 22.1. The topological polar surface area (TPSA) is 105 Å². The highest BCUT2D eigenvalue weighted by atomic mass is 19.1. The number of Topliss-reactive ketones (excluding diaryl/α,β-unsaturated/α-hetero) is 3. The Kier molecular flexibility index (Phi) is 15.8. The van der Waals surface area contributed by atoms with Gasteiger partial charge in [0, 0.05) is 72.8 Å². The number of likely N-dealkylation sites (tertiary alicyclic amines) is 2. The van der Waals surface area contributed by atoms with Crippen molar-refractivity contribution in [3.05, 3.63) is 130 Å². The van der Waals surface area contributed by atoms with Crippen LogP contribution in [0.3, 0.4) is 0 Å². The Labute approximate surface area is 366 Å². The van der Waals surface area contributed by atoms with Crippen LogP contribution in [0.25, 0.3) is 0 Å². The average molecular weight is 851 g/mol. The molecule has 0 aliphatic carbocycles. The van der Waals surface area contributed by atoms with Gasteiger partial charge >= 0.3 is 0 Å². The highest BCUT2D eigenvalue weighted by Crippen LogP contribution is 2.48. The SMILES string of the molecule is Cc1c(F)cccc1[C@H]1[C@@H](C(=O)c2cccc(O)c2)CN(CCCCN(C)C)C[C@H]1C(=O)[C@@H]1CN(CCCCN(C)C)C[C@H](C(=O)c2cccc(O)c2)[C@@H]1c1cccc(F)c1C. The van der Waals surface area contributed by atoms with Crippen LogP contribution in [0.5, 0.6) is 11.5 Å². The minimum atomic E-state index is -0.809. The molecule has 0 saturated carbocycles. The van der Waals surface area contributed by atoms with Crippen LogP contribution in [0.1, 0.15) is 80.5 Å². The van der Waals surface area contributed by atoms with Crippen LogP contribution >= 0.6 is 0 Å². The molecule has 2 saturated heterocycles. The summed E-state index contributed by atoms with van der Waals surface area (Å²) in [6.45, 7) is 7.67. The molecular weight excluding hydrogens is 787 g/mol. The molecule has 6 rings (SSSR count). The molecule has 2 heterocycles. The van der Waals surface area contributed by atoms with E-state index in [9.17, 15) is 19.8 Å². The number of nitrogens with zero attached hydrogens (tertiary/aromatic N) is 4. The smallest absolute Gasteiger partial charge is 0.167 e. The number of halogens is 2. The maximum absolute atomic E-state index is 16.2. The van der Waals surface area contributed by atoms with E-state index in [1.54, 1.807) is 50.2 Å². The van der Waals surface area contributed by atoms with Gasteiger partial charge in [-0.25, -0.2) is 8.78 Å². The van der Waals surface area contributed by atoms with Crippen molar-refractivity contribution in [1.29, 1.82) is 0 Å². The van der Waals surface area contributed by atoms with E-state index in [1.165, 1.54) is 36.4 Å². The van der Waals surface area contributed by atoms with E-state index in [1.807, 2.05) is 40.3 Å². The van der Waals surface area contributed by atoms with Crippen molar-refractivity contribution in [2.75, 3.05) is 80.5 Å². The van der Waals surface area contributed by atoms with Crippen molar-refractivity contribution in [3.8, 4) is 11.5 Å². The maximum atomic E-state index is 16.2. The van der Waals surface area contributed by atoms with Crippen molar-refractivity contribution in [2.45, 2.75) is 51.4 Å². The first kappa shape index (κ1) is 46.7. The summed E-state index contributed by atoms with van der Waals surface area (Å²) in [5, 5.41) is 21.0. The Balaban J connectivity index is 1.52. The van der Waals surface area contributed by atoms with Crippen LogP contribution in [0, 0.1) is 49.2 Å². The molecule has 62 heavy (non-hydrogen) atoms. The van der Waals surface area contributed by atoms with Crippen LogP contribution in [0.2, 0.25) is 0 Å². The first-order valence-corrected chi connectivity index (χ1v) is 22.1. The molecule has 9 nitrogen and oxygen atoms in total. The number of phenols is 2. The van der Waals surface area contributed by atoms with Crippen molar-refractivity contribution in [1.82, 2.24) is 19.6 Å². The zero-order valence-electron chi connectivity index (χ0n) is 37.2. The third-order valence-electron chi connectivity index (χ3n) is 13.2. The standard InChI is InChI=1S/C51H64F2N4O5/c1-33-39(19-13-21-45(33)52)47-41(49(60)35-15-11-17-37(58)27-35)29-56(25-9-7-23-54(3)4)31-43(47)51(62)44-32-57(26-10-8-24-55(5)6)30-42(50(61)36-16-12-18-38(59)28-36)48(44)40-20-14-22-46(53)34(40)2/h11-22,27-28,41-44,47-48,58-59H,7-10,23-26,29-32H2,1-6H3/t41-,42-,43+,44+,47-,48-/m0/s1. The molecule has 0 amide bonds. The van der Waals surface area contributed by atoms with Crippen molar-refractivity contribution in [2.24, 2.45) is 23.7 Å². The number of ketones is 3. The van der Waals surface area contributed by atoms with Crippen LogP contribution in [0.15, 0.2) is 84.9 Å². The highest BCUT2D eigenvalue weighted by molar-refractivity contribution is 6.01. The molecule has 332 valence electrons. The summed E-state index contributed by atoms with van der Waals surface area (Å²) in [5.41, 5.74) is 2.50. The van der Waals surface area contributed by atoms with E-state index in [2.05, 4.69) is 19.6 Å². The Morgan fingerprint density at radius 3 is 1.31 bits per heavy atom. The first-order chi connectivity index (χ1) is 29.6. The second-order valence-corrected chi connectivity index (χ2v) is 18.2. The average Bonchev–Trinajstić information content (AvgIpc) is 3.24. The maximum Gasteiger partial charge on any atom is 0.167 e. The molecular formula is C51H64F2N4O5. The van der Waals surface area contributed by atoms with E-state index < -0.39 is 47.1 Å². The summed E-state index contributed by atoms with van der Waals surface area (Å²) < 4.78 is 31.4.